The van der Waals surface area contributed by atoms with E-state index >= 15 is 0 Å². The number of nitrogens with two attached hydrogens (primary N) is 1. The smallest absolute Gasteiger partial charge is 0.287 e. The number of nitrogens with one attached hydrogen (secondary N) is 2. The van der Waals surface area contributed by atoms with Crippen molar-refractivity contribution in [2.45, 2.75) is 46.1 Å². The maximum atomic E-state index is 11.6. The van der Waals surface area contributed by atoms with Gasteiger partial charge in [0.1, 0.15) is 0 Å². The molecular weight excluding hydrogens is 280 g/mol. The Labute approximate surface area is 132 Å². The van der Waals surface area contributed by atoms with Crippen molar-refractivity contribution in [3.8, 4) is 0 Å². The maximum Gasteiger partial charge on any atom is 0.287 e. The molecule has 6 nitrogen and oxygen atoms in total. The van der Waals surface area contributed by atoms with Crippen LogP contribution in [-0.4, -0.2) is 31.0 Å². The van der Waals surface area contributed by atoms with Crippen molar-refractivity contribution in [3.63, 3.8) is 0 Å². The molecular formula is C16H28N4O2. The molecule has 0 aromatic carbocycles. The van der Waals surface area contributed by atoms with Crippen LogP contribution >= 0.6 is 0 Å². The van der Waals surface area contributed by atoms with Gasteiger partial charge in [-0.2, -0.15) is 0 Å². The molecule has 124 valence electrons. The van der Waals surface area contributed by atoms with Crippen molar-refractivity contribution in [2.75, 3.05) is 13.1 Å². The molecule has 1 rings (SSSR count). The monoisotopic (exact) mass is 308 g/mol. The van der Waals surface area contributed by atoms with E-state index in [4.69, 9.17) is 10.2 Å². The fraction of sp³-hybridized carbons (Fsp3) is 0.625. The Morgan fingerprint density at radius 2 is 2.14 bits per heavy atom. The summed E-state index contributed by atoms with van der Waals surface area (Å²) in [5, 5.41) is 5.88. The van der Waals surface area contributed by atoms with E-state index in [0.29, 0.717) is 30.9 Å². The van der Waals surface area contributed by atoms with Crippen LogP contribution in [0.3, 0.4) is 0 Å². The Balaban J connectivity index is 2.15. The van der Waals surface area contributed by atoms with Gasteiger partial charge in [-0.05, 0) is 31.4 Å². The number of amides is 1. The van der Waals surface area contributed by atoms with Crippen LogP contribution in [0.5, 0.6) is 0 Å². The number of furan rings is 1. The van der Waals surface area contributed by atoms with E-state index in [2.05, 4.69) is 36.4 Å². The van der Waals surface area contributed by atoms with E-state index in [-0.39, 0.29) is 5.91 Å². The number of hydrogen-bond donors (Lipinski definition) is 3. The number of hydrogen-bond acceptors (Lipinski definition) is 3. The van der Waals surface area contributed by atoms with Gasteiger partial charge in [0.15, 0.2) is 11.7 Å². The van der Waals surface area contributed by atoms with Crippen LogP contribution in [0.15, 0.2) is 27.8 Å². The number of carbonyl (C=O) groups excluding carboxylic acids is 1. The standard InChI is InChI=1S/C16H28N4O2/c1-12(2)6-4-7-13(3)20-16(17)19-10-9-18-15(21)14-8-5-11-22-14/h5,8,11-13H,4,6-7,9-10H2,1-3H3,(H,18,21)(H3,17,19,20). The molecule has 1 heterocycles. The van der Waals surface area contributed by atoms with Crippen molar-refractivity contribution in [2.24, 2.45) is 16.6 Å². The fourth-order valence-electron chi connectivity index (χ4n) is 2.04. The number of nitrogens with zero attached hydrogens (tertiary/aromatic N) is 1. The third-order valence-corrected chi connectivity index (χ3v) is 3.24. The number of guanidine groups is 1. The summed E-state index contributed by atoms with van der Waals surface area (Å²) in [7, 11) is 0. The van der Waals surface area contributed by atoms with Crippen LogP contribution < -0.4 is 16.4 Å². The normalized spacial score (nSPS) is 13.2. The lowest BCUT2D eigenvalue weighted by molar-refractivity contribution is 0.0927. The molecule has 0 radical (unpaired) electrons. The zero-order valence-electron chi connectivity index (χ0n) is 13.8. The summed E-state index contributed by atoms with van der Waals surface area (Å²) in [6.07, 6.45) is 4.94. The van der Waals surface area contributed by atoms with Gasteiger partial charge in [-0.15, -0.1) is 0 Å². The molecule has 1 atom stereocenters. The van der Waals surface area contributed by atoms with Gasteiger partial charge in [-0.3, -0.25) is 9.79 Å². The van der Waals surface area contributed by atoms with Gasteiger partial charge in [0.05, 0.1) is 12.8 Å². The predicted molar refractivity (Wildman–Crippen MR) is 88.8 cm³/mol. The SMILES string of the molecule is CC(C)CCCC(C)NC(N)=NCCNC(=O)c1ccco1. The van der Waals surface area contributed by atoms with E-state index in [9.17, 15) is 4.79 Å². The Morgan fingerprint density at radius 1 is 1.36 bits per heavy atom. The van der Waals surface area contributed by atoms with Crippen molar-refractivity contribution < 1.29 is 9.21 Å². The molecule has 0 saturated heterocycles. The second-order valence-electron chi connectivity index (χ2n) is 5.87. The first kappa shape index (κ1) is 18.1. The summed E-state index contributed by atoms with van der Waals surface area (Å²) >= 11 is 0. The van der Waals surface area contributed by atoms with E-state index in [1.807, 2.05) is 0 Å². The maximum absolute atomic E-state index is 11.6. The lowest BCUT2D eigenvalue weighted by atomic mass is 10.0. The van der Waals surface area contributed by atoms with Crippen molar-refractivity contribution >= 4 is 11.9 Å². The second-order valence-corrected chi connectivity index (χ2v) is 5.87. The van der Waals surface area contributed by atoms with Gasteiger partial charge in [-0.25, -0.2) is 0 Å². The molecule has 1 unspecified atom stereocenters. The highest BCUT2D eigenvalue weighted by atomic mass is 16.3. The highest BCUT2D eigenvalue weighted by molar-refractivity contribution is 5.91. The summed E-state index contributed by atoms with van der Waals surface area (Å²) in [5.74, 6) is 1.21. The lowest BCUT2D eigenvalue weighted by Crippen LogP contribution is -2.39. The minimum absolute atomic E-state index is 0.242. The molecule has 0 aliphatic rings. The second kappa shape index (κ2) is 9.87. The van der Waals surface area contributed by atoms with Gasteiger partial charge in [0.25, 0.3) is 5.91 Å². The van der Waals surface area contributed by atoms with Crippen LogP contribution in [0.1, 0.15) is 50.6 Å². The Kier molecular flexibility index (Phi) is 8.10. The van der Waals surface area contributed by atoms with E-state index in [0.717, 1.165) is 12.3 Å². The fourth-order valence-corrected chi connectivity index (χ4v) is 2.04. The van der Waals surface area contributed by atoms with Crippen LogP contribution in [0.25, 0.3) is 0 Å². The van der Waals surface area contributed by atoms with E-state index in [1.165, 1.54) is 19.1 Å². The molecule has 4 N–H and O–H groups in total. The van der Waals surface area contributed by atoms with Gasteiger partial charge >= 0.3 is 0 Å². The summed E-state index contributed by atoms with van der Waals surface area (Å²) in [6, 6.07) is 3.60. The van der Waals surface area contributed by atoms with Gasteiger partial charge < -0.3 is 20.8 Å². The quantitative estimate of drug-likeness (QED) is 0.370. The number of carbonyl (C=O) groups is 1. The van der Waals surface area contributed by atoms with Crippen molar-refractivity contribution in [3.05, 3.63) is 24.2 Å². The molecule has 0 saturated carbocycles. The highest BCUT2D eigenvalue weighted by Crippen LogP contribution is 2.07. The van der Waals surface area contributed by atoms with Crippen molar-refractivity contribution in [1.82, 2.24) is 10.6 Å². The topological polar surface area (TPSA) is 92.6 Å². The molecule has 6 heteroatoms. The van der Waals surface area contributed by atoms with E-state index in [1.54, 1.807) is 12.1 Å². The van der Waals surface area contributed by atoms with Gasteiger partial charge in [-0.1, -0.05) is 26.7 Å². The first-order chi connectivity index (χ1) is 10.5. The Hall–Kier alpha value is -1.98. The first-order valence-electron chi connectivity index (χ1n) is 7.87. The third kappa shape index (κ3) is 7.71. The Bertz CT molecular complexity index is 455. The molecule has 1 aromatic rings. The Morgan fingerprint density at radius 3 is 2.77 bits per heavy atom. The predicted octanol–water partition coefficient (Wildman–Crippen LogP) is 2.13. The molecule has 0 spiro atoms. The zero-order chi connectivity index (χ0) is 16.4. The molecule has 1 amide bonds. The summed E-state index contributed by atoms with van der Waals surface area (Å²) in [6.45, 7) is 7.41. The summed E-state index contributed by atoms with van der Waals surface area (Å²) in [5.41, 5.74) is 5.83. The minimum atomic E-state index is -0.242. The molecule has 0 fully saturated rings. The molecule has 0 bridgehead atoms. The number of rotatable bonds is 9. The van der Waals surface area contributed by atoms with Crippen LogP contribution in [0.4, 0.5) is 0 Å². The van der Waals surface area contributed by atoms with E-state index < -0.39 is 0 Å². The molecule has 0 aliphatic carbocycles. The third-order valence-electron chi connectivity index (χ3n) is 3.24. The molecule has 1 aromatic heterocycles. The van der Waals surface area contributed by atoms with Gasteiger partial charge in [0, 0.05) is 12.6 Å². The first-order valence-corrected chi connectivity index (χ1v) is 7.87. The van der Waals surface area contributed by atoms with Crippen molar-refractivity contribution in [1.29, 1.82) is 0 Å². The number of aliphatic imine (C=N–C) groups is 1. The average molecular weight is 308 g/mol. The summed E-state index contributed by atoms with van der Waals surface area (Å²) in [4.78, 5) is 15.8. The largest absolute Gasteiger partial charge is 0.459 e. The van der Waals surface area contributed by atoms with Gasteiger partial charge in [0.2, 0.25) is 0 Å². The molecule has 0 aliphatic heterocycles. The van der Waals surface area contributed by atoms with Crippen LogP contribution in [-0.2, 0) is 0 Å². The highest BCUT2D eigenvalue weighted by Gasteiger charge is 2.07. The minimum Gasteiger partial charge on any atom is -0.459 e. The zero-order valence-corrected chi connectivity index (χ0v) is 13.8. The van der Waals surface area contributed by atoms with Crippen LogP contribution in [0, 0.1) is 5.92 Å². The molecule has 22 heavy (non-hydrogen) atoms. The van der Waals surface area contributed by atoms with Crippen LogP contribution in [0.2, 0.25) is 0 Å². The lowest BCUT2D eigenvalue weighted by Gasteiger charge is -2.15. The summed E-state index contributed by atoms with van der Waals surface area (Å²) < 4.78 is 5.00. The average Bonchev–Trinajstić information content (AvgIpc) is 2.97.